The molecule has 2 N–H and O–H groups in total. The van der Waals surface area contributed by atoms with Gasteiger partial charge in [-0.2, -0.15) is 0 Å². The molecule has 0 bridgehead atoms. The molecule has 2 heterocycles. The van der Waals surface area contributed by atoms with Gasteiger partial charge in [0.25, 0.3) is 11.5 Å². The molecular formula is C27H18ClN3O9S2. The number of carbonyl (C=O) groups is 2. The summed E-state index contributed by atoms with van der Waals surface area (Å²) in [4.78, 5) is 41.9. The fraction of sp³-hybridized carbons (Fsp3) is 0.0741. The fourth-order valence-electron chi connectivity index (χ4n) is 4.32. The van der Waals surface area contributed by atoms with Crippen molar-refractivity contribution in [3.8, 4) is 11.5 Å². The molecule has 3 aromatic carbocycles. The van der Waals surface area contributed by atoms with E-state index in [1.807, 2.05) is 0 Å². The van der Waals surface area contributed by atoms with Crippen molar-refractivity contribution >= 4 is 61.0 Å². The molecule has 1 fully saturated rings. The van der Waals surface area contributed by atoms with Crippen molar-refractivity contribution in [2.75, 3.05) is 12.0 Å². The zero-order valence-corrected chi connectivity index (χ0v) is 23.7. The van der Waals surface area contributed by atoms with Crippen molar-refractivity contribution < 1.29 is 37.9 Å². The molecule has 42 heavy (non-hydrogen) atoms. The SMILES string of the molecule is COc1cc([C@@H]2C(=C(O)c3ccc(Cl)cc3)C(=O)C(=O)N2c2ncc(S(=O)(=O)c3ccc([N+](=O)[O-])cc3)s2)ccc1O. The summed E-state index contributed by atoms with van der Waals surface area (Å²) < 4.78 is 31.4. The van der Waals surface area contributed by atoms with Gasteiger partial charge in [0.1, 0.15) is 9.97 Å². The predicted molar refractivity (Wildman–Crippen MR) is 152 cm³/mol. The molecule has 1 aliphatic rings. The van der Waals surface area contributed by atoms with Crippen molar-refractivity contribution in [2.24, 2.45) is 0 Å². The van der Waals surface area contributed by atoms with Gasteiger partial charge in [0, 0.05) is 22.7 Å². The number of rotatable bonds is 7. The fourth-order valence-corrected chi connectivity index (χ4v) is 6.99. The number of aliphatic hydroxyl groups excluding tert-OH is 1. The Labute approximate surface area is 246 Å². The van der Waals surface area contributed by atoms with E-state index in [4.69, 9.17) is 16.3 Å². The zero-order chi connectivity index (χ0) is 30.3. The maximum absolute atomic E-state index is 13.4. The first-order valence-electron chi connectivity index (χ1n) is 11.8. The Kier molecular flexibility index (Phi) is 7.45. The number of phenolic OH excluding ortho intramolecular Hbond substituents is 1. The Hall–Kier alpha value is -4.79. The van der Waals surface area contributed by atoms with E-state index in [9.17, 15) is 38.3 Å². The minimum Gasteiger partial charge on any atom is -0.507 e. The first kappa shape index (κ1) is 28.7. The van der Waals surface area contributed by atoms with Crippen LogP contribution in [0.4, 0.5) is 10.8 Å². The molecule has 15 heteroatoms. The number of ether oxygens (including phenoxy) is 1. The van der Waals surface area contributed by atoms with E-state index in [2.05, 4.69) is 4.98 Å². The maximum Gasteiger partial charge on any atom is 0.301 e. The second-order valence-electron chi connectivity index (χ2n) is 8.82. The third-order valence-electron chi connectivity index (χ3n) is 6.38. The van der Waals surface area contributed by atoms with Crippen molar-refractivity contribution in [2.45, 2.75) is 15.1 Å². The lowest BCUT2D eigenvalue weighted by Crippen LogP contribution is -2.29. The van der Waals surface area contributed by atoms with Crippen LogP contribution in [0.2, 0.25) is 5.02 Å². The number of aromatic nitrogens is 1. The number of phenols is 1. The Bertz CT molecular complexity index is 1890. The molecule has 1 amide bonds. The van der Waals surface area contributed by atoms with Gasteiger partial charge in [-0.1, -0.05) is 29.0 Å². The molecule has 1 saturated heterocycles. The molecule has 0 radical (unpaired) electrons. The number of hydrogen-bond donors (Lipinski definition) is 2. The smallest absolute Gasteiger partial charge is 0.301 e. The molecule has 0 saturated carbocycles. The number of nitro benzene ring substituents is 1. The van der Waals surface area contributed by atoms with E-state index in [0.717, 1.165) is 35.4 Å². The minimum absolute atomic E-state index is 0.0187. The highest BCUT2D eigenvalue weighted by Crippen LogP contribution is 2.45. The van der Waals surface area contributed by atoms with E-state index < -0.39 is 38.3 Å². The van der Waals surface area contributed by atoms with Gasteiger partial charge in [0.05, 0.1) is 34.7 Å². The van der Waals surface area contributed by atoms with Crippen LogP contribution in [0.3, 0.4) is 0 Å². The number of sulfone groups is 1. The standard InChI is InChI=1S/C27H18ClN3O9S2/c1-40-20-12-15(4-11-19(20)32)23-22(24(33)14-2-5-16(28)6-3-14)25(34)26(35)30(23)27-29-13-21(41-27)42(38,39)18-9-7-17(8-10-18)31(36)37/h2-13,23,32-33H,1H3/t23-/m1/s1. The number of nitro groups is 1. The number of non-ortho nitro benzene ring substituents is 1. The number of benzene rings is 3. The summed E-state index contributed by atoms with van der Waals surface area (Å²) in [6, 6.07) is 12.9. The number of nitrogens with zero attached hydrogens (tertiary/aromatic N) is 3. The summed E-state index contributed by atoms with van der Waals surface area (Å²) in [5.41, 5.74) is -0.180. The number of Topliss-reactive ketones (excluding diaryl/α,β-unsaturated/α-hetero) is 1. The van der Waals surface area contributed by atoms with Crippen molar-refractivity contribution in [1.82, 2.24) is 4.98 Å². The van der Waals surface area contributed by atoms with Crippen LogP contribution in [-0.4, -0.2) is 47.3 Å². The van der Waals surface area contributed by atoms with E-state index >= 15 is 0 Å². The number of methoxy groups -OCH3 is 1. The molecule has 4 aromatic rings. The summed E-state index contributed by atoms with van der Waals surface area (Å²) in [6.07, 6.45) is 1.00. The topological polar surface area (TPSA) is 177 Å². The number of ketones is 1. The van der Waals surface area contributed by atoms with Gasteiger partial charge in [-0.15, -0.1) is 0 Å². The zero-order valence-electron chi connectivity index (χ0n) is 21.3. The molecule has 5 rings (SSSR count). The van der Waals surface area contributed by atoms with Gasteiger partial charge in [-0.25, -0.2) is 13.4 Å². The Morgan fingerprint density at radius 1 is 1.10 bits per heavy atom. The molecule has 1 aromatic heterocycles. The second kappa shape index (κ2) is 10.9. The van der Waals surface area contributed by atoms with Crippen LogP contribution in [-0.2, 0) is 19.4 Å². The van der Waals surface area contributed by atoms with Crippen LogP contribution in [0.5, 0.6) is 11.5 Å². The molecule has 1 aliphatic heterocycles. The second-order valence-corrected chi connectivity index (χ2v) is 12.4. The van der Waals surface area contributed by atoms with Crippen molar-refractivity contribution in [3.63, 3.8) is 0 Å². The number of carbonyl (C=O) groups excluding carboxylic acids is 2. The van der Waals surface area contributed by atoms with Crippen molar-refractivity contribution in [1.29, 1.82) is 0 Å². The largest absolute Gasteiger partial charge is 0.507 e. The third-order valence-corrected chi connectivity index (χ3v) is 9.86. The molecule has 1 atom stereocenters. The van der Waals surface area contributed by atoms with Gasteiger partial charge in [0.2, 0.25) is 9.84 Å². The third kappa shape index (κ3) is 4.95. The summed E-state index contributed by atoms with van der Waals surface area (Å²) in [7, 11) is -2.91. The molecule has 0 spiro atoms. The van der Waals surface area contributed by atoms with Crippen molar-refractivity contribution in [3.05, 3.63) is 105 Å². The highest BCUT2D eigenvalue weighted by Gasteiger charge is 2.48. The van der Waals surface area contributed by atoms with Gasteiger partial charge in [0.15, 0.2) is 16.6 Å². The van der Waals surface area contributed by atoms with Crippen LogP contribution < -0.4 is 9.64 Å². The Balaban J connectivity index is 1.65. The maximum atomic E-state index is 13.4. The Morgan fingerprint density at radius 3 is 2.38 bits per heavy atom. The van der Waals surface area contributed by atoms with Crippen LogP contribution >= 0.6 is 22.9 Å². The quantitative estimate of drug-likeness (QED) is 0.0943. The number of anilines is 1. The lowest BCUT2D eigenvalue weighted by atomic mass is 9.95. The van der Waals surface area contributed by atoms with Crippen LogP contribution in [0.1, 0.15) is 17.2 Å². The van der Waals surface area contributed by atoms with E-state index in [-0.39, 0.29) is 48.1 Å². The Morgan fingerprint density at radius 2 is 1.76 bits per heavy atom. The van der Waals surface area contributed by atoms with E-state index in [1.54, 1.807) is 0 Å². The predicted octanol–water partition coefficient (Wildman–Crippen LogP) is 4.88. The minimum atomic E-state index is -4.21. The van der Waals surface area contributed by atoms with Gasteiger partial charge in [-0.3, -0.25) is 24.6 Å². The number of aliphatic hydroxyl groups is 1. The average Bonchev–Trinajstić information content (AvgIpc) is 3.57. The number of halogens is 1. The highest BCUT2D eigenvalue weighted by atomic mass is 35.5. The number of hydrogen-bond acceptors (Lipinski definition) is 11. The molecule has 214 valence electrons. The molecule has 0 unspecified atom stereocenters. The van der Waals surface area contributed by atoms with Crippen LogP contribution in [0, 0.1) is 10.1 Å². The molecular weight excluding hydrogens is 610 g/mol. The van der Waals surface area contributed by atoms with E-state index in [0.29, 0.717) is 16.4 Å². The van der Waals surface area contributed by atoms with Gasteiger partial charge >= 0.3 is 5.91 Å². The average molecular weight is 628 g/mol. The summed E-state index contributed by atoms with van der Waals surface area (Å²) in [6.45, 7) is 0. The van der Waals surface area contributed by atoms with Gasteiger partial charge < -0.3 is 14.9 Å². The first-order chi connectivity index (χ1) is 19.9. The number of aromatic hydroxyl groups is 1. The molecule has 12 nitrogen and oxygen atoms in total. The monoisotopic (exact) mass is 627 g/mol. The summed E-state index contributed by atoms with van der Waals surface area (Å²) in [5, 5.41) is 32.5. The lowest BCUT2D eigenvalue weighted by molar-refractivity contribution is -0.384. The highest BCUT2D eigenvalue weighted by molar-refractivity contribution is 7.93. The van der Waals surface area contributed by atoms with Crippen LogP contribution in [0.25, 0.3) is 5.76 Å². The van der Waals surface area contributed by atoms with Gasteiger partial charge in [-0.05, 0) is 54.1 Å². The number of amides is 1. The first-order valence-corrected chi connectivity index (χ1v) is 14.5. The molecule has 0 aliphatic carbocycles. The normalized spacial score (nSPS) is 16.5. The van der Waals surface area contributed by atoms with Crippen LogP contribution in [0.15, 0.2) is 87.6 Å². The number of thiazole rings is 1. The van der Waals surface area contributed by atoms with E-state index in [1.165, 1.54) is 49.6 Å². The summed E-state index contributed by atoms with van der Waals surface area (Å²) in [5.74, 6) is -2.86. The summed E-state index contributed by atoms with van der Waals surface area (Å²) >= 11 is 6.55. The lowest BCUT2D eigenvalue weighted by Gasteiger charge is -2.23.